The minimum absolute atomic E-state index is 0.129. The zero-order valence-electron chi connectivity index (χ0n) is 15.5. The Bertz CT molecular complexity index is 765. The molecule has 1 aromatic carbocycles. The lowest BCUT2D eigenvalue weighted by Gasteiger charge is -2.24. The second kappa shape index (κ2) is 9.50. The van der Waals surface area contributed by atoms with Crippen LogP contribution in [-0.4, -0.2) is 48.6 Å². The molecule has 2 aromatic rings. The van der Waals surface area contributed by atoms with E-state index in [0.29, 0.717) is 0 Å². The van der Waals surface area contributed by atoms with Gasteiger partial charge in [-0.1, -0.05) is 19.3 Å². The van der Waals surface area contributed by atoms with Gasteiger partial charge in [0.15, 0.2) is 12.3 Å². The number of nitrogens with zero attached hydrogens (tertiary/aromatic N) is 2. The molecule has 2 heterocycles. The summed E-state index contributed by atoms with van der Waals surface area (Å²) in [4.78, 5) is 30.7. The number of likely N-dealkylation sites (tertiary alicyclic amines) is 1. The molecule has 0 spiro atoms. The molecule has 0 atom stereocenters. The van der Waals surface area contributed by atoms with E-state index in [9.17, 15) is 9.59 Å². The minimum Gasteiger partial charge on any atom is -0.497 e. The van der Waals surface area contributed by atoms with E-state index in [0.717, 1.165) is 55.1 Å². The number of hydrogen-bond acceptors (Lipinski definition) is 6. The van der Waals surface area contributed by atoms with Crippen molar-refractivity contribution in [1.82, 2.24) is 9.88 Å². The quantitative estimate of drug-likeness (QED) is 0.730. The molecule has 1 aromatic heterocycles. The van der Waals surface area contributed by atoms with Gasteiger partial charge in [-0.25, -0.2) is 9.78 Å². The molecule has 1 saturated heterocycles. The van der Waals surface area contributed by atoms with Crippen LogP contribution in [0.15, 0.2) is 29.6 Å². The van der Waals surface area contributed by atoms with Crippen molar-refractivity contribution >= 4 is 23.2 Å². The van der Waals surface area contributed by atoms with Gasteiger partial charge in [0.25, 0.3) is 5.91 Å². The summed E-state index contributed by atoms with van der Waals surface area (Å²) in [7, 11) is 1.61. The van der Waals surface area contributed by atoms with E-state index >= 15 is 0 Å². The number of amides is 1. The Balaban J connectivity index is 1.54. The molecular formula is C20H24N2O4S. The van der Waals surface area contributed by atoms with Crippen LogP contribution >= 0.6 is 11.3 Å². The van der Waals surface area contributed by atoms with Crippen molar-refractivity contribution < 1.29 is 19.1 Å². The Kier molecular flexibility index (Phi) is 6.81. The van der Waals surface area contributed by atoms with Crippen LogP contribution in [0.25, 0.3) is 10.6 Å². The first-order chi connectivity index (χ1) is 13.2. The lowest BCUT2D eigenvalue weighted by Crippen LogP contribution is -2.36. The number of benzene rings is 1. The molecule has 0 bridgehead atoms. The fourth-order valence-electron chi connectivity index (χ4n) is 3.02. The SMILES string of the molecule is COc1ccc(-c2nc(C(=O)OCC(=O)N3CCCCCCC3)cs2)cc1. The monoisotopic (exact) mass is 388 g/mol. The number of carbonyl (C=O) groups excluding carboxylic acids is 2. The van der Waals surface area contributed by atoms with Crippen molar-refractivity contribution in [2.75, 3.05) is 26.8 Å². The van der Waals surface area contributed by atoms with Crippen LogP contribution in [0.5, 0.6) is 5.75 Å². The summed E-state index contributed by atoms with van der Waals surface area (Å²) in [5.74, 6) is 0.0694. The zero-order chi connectivity index (χ0) is 19.1. The van der Waals surface area contributed by atoms with Gasteiger partial charge >= 0.3 is 5.97 Å². The molecule has 0 N–H and O–H groups in total. The van der Waals surface area contributed by atoms with Crippen LogP contribution in [0.3, 0.4) is 0 Å². The maximum atomic E-state index is 12.3. The predicted octanol–water partition coefficient (Wildman–Crippen LogP) is 3.77. The van der Waals surface area contributed by atoms with E-state index in [2.05, 4.69) is 4.98 Å². The van der Waals surface area contributed by atoms with E-state index in [4.69, 9.17) is 9.47 Å². The molecule has 6 nitrogen and oxygen atoms in total. The predicted molar refractivity (Wildman–Crippen MR) is 104 cm³/mol. The molecule has 1 aliphatic rings. The summed E-state index contributed by atoms with van der Waals surface area (Å²) < 4.78 is 10.3. The average molecular weight is 388 g/mol. The molecule has 27 heavy (non-hydrogen) atoms. The van der Waals surface area contributed by atoms with Gasteiger partial charge in [-0.05, 0) is 37.1 Å². The molecular weight excluding hydrogens is 364 g/mol. The number of thiazole rings is 1. The summed E-state index contributed by atoms with van der Waals surface area (Å²) >= 11 is 1.36. The van der Waals surface area contributed by atoms with Gasteiger partial charge in [-0.3, -0.25) is 4.79 Å². The summed E-state index contributed by atoms with van der Waals surface area (Å²) in [5, 5.41) is 2.38. The van der Waals surface area contributed by atoms with Gasteiger partial charge in [-0.2, -0.15) is 0 Å². The molecule has 0 saturated carbocycles. The van der Waals surface area contributed by atoms with Crippen molar-refractivity contribution in [1.29, 1.82) is 0 Å². The number of methoxy groups -OCH3 is 1. The topological polar surface area (TPSA) is 68.7 Å². The van der Waals surface area contributed by atoms with Crippen molar-refractivity contribution in [2.45, 2.75) is 32.1 Å². The lowest BCUT2D eigenvalue weighted by molar-refractivity contribution is -0.134. The number of aromatic nitrogens is 1. The second-order valence-corrected chi connectivity index (χ2v) is 7.35. The maximum Gasteiger partial charge on any atom is 0.358 e. The van der Waals surface area contributed by atoms with Crippen LogP contribution < -0.4 is 4.74 Å². The van der Waals surface area contributed by atoms with E-state index in [1.807, 2.05) is 24.3 Å². The third-order valence-corrected chi connectivity index (χ3v) is 5.48. The zero-order valence-corrected chi connectivity index (χ0v) is 16.3. The van der Waals surface area contributed by atoms with Crippen LogP contribution in [0.2, 0.25) is 0 Å². The summed E-state index contributed by atoms with van der Waals surface area (Å²) in [6, 6.07) is 7.46. The largest absolute Gasteiger partial charge is 0.497 e. The highest BCUT2D eigenvalue weighted by molar-refractivity contribution is 7.13. The third-order valence-electron chi connectivity index (χ3n) is 4.59. The fourth-order valence-corrected chi connectivity index (χ4v) is 3.82. The summed E-state index contributed by atoms with van der Waals surface area (Å²) in [6.45, 7) is 1.26. The first-order valence-corrected chi connectivity index (χ1v) is 10.1. The Labute approximate surface area is 163 Å². The van der Waals surface area contributed by atoms with Gasteiger partial charge in [-0.15, -0.1) is 11.3 Å². The highest BCUT2D eigenvalue weighted by Crippen LogP contribution is 2.26. The minimum atomic E-state index is -0.564. The number of ether oxygens (including phenoxy) is 2. The Morgan fingerprint density at radius 1 is 1.07 bits per heavy atom. The maximum absolute atomic E-state index is 12.3. The number of carbonyl (C=O) groups is 2. The summed E-state index contributed by atoms with van der Waals surface area (Å²) in [5.41, 5.74) is 1.13. The number of rotatable bonds is 5. The van der Waals surface area contributed by atoms with Crippen LogP contribution in [-0.2, 0) is 9.53 Å². The van der Waals surface area contributed by atoms with Gasteiger partial charge < -0.3 is 14.4 Å². The molecule has 0 unspecified atom stereocenters. The van der Waals surface area contributed by atoms with Gasteiger partial charge in [0.05, 0.1) is 7.11 Å². The molecule has 7 heteroatoms. The molecule has 0 aliphatic carbocycles. The van der Waals surface area contributed by atoms with Gasteiger partial charge in [0, 0.05) is 24.0 Å². The standard InChI is InChI=1S/C20H24N2O4S/c1-25-16-9-7-15(8-10-16)19-21-17(14-27-19)20(24)26-13-18(23)22-11-5-3-2-4-6-12-22/h7-10,14H,2-6,11-13H2,1H3. The Hall–Kier alpha value is -2.41. The normalized spacial score (nSPS) is 14.9. The number of hydrogen-bond donors (Lipinski definition) is 0. The van der Waals surface area contributed by atoms with Crippen molar-refractivity contribution in [3.8, 4) is 16.3 Å². The molecule has 144 valence electrons. The van der Waals surface area contributed by atoms with Crippen LogP contribution in [0.1, 0.15) is 42.6 Å². The molecule has 0 radical (unpaired) electrons. The summed E-state index contributed by atoms with van der Waals surface area (Å²) in [6.07, 6.45) is 5.55. The third kappa shape index (κ3) is 5.29. The van der Waals surface area contributed by atoms with Crippen molar-refractivity contribution in [3.05, 3.63) is 35.3 Å². The average Bonchev–Trinajstić information content (AvgIpc) is 3.16. The van der Waals surface area contributed by atoms with Crippen molar-refractivity contribution in [3.63, 3.8) is 0 Å². The van der Waals surface area contributed by atoms with Crippen molar-refractivity contribution in [2.24, 2.45) is 0 Å². The molecule has 3 rings (SSSR count). The highest BCUT2D eigenvalue weighted by atomic mass is 32.1. The Morgan fingerprint density at radius 3 is 2.41 bits per heavy atom. The second-order valence-electron chi connectivity index (χ2n) is 6.49. The van der Waals surface area contributed by atoms with E-state index in [1.165, 1.54) is 17.8 Å². The molecule has 1 amide bonds. The lowest BCUT2D eigenvalue weighted by atomic mass is 10.1. The fraction of sp³-hybridized carbons (Fsp3) is 0.450. The molecule has 1 fully saturated rings. The van der Waals surface area contributed by atoms with E-state index in [-0.39, 0.29) is 18.2 Å². The van der Waals surface area contributed by atoms with Gasteiger partial charge in [0.1, 0.15) is 10.8 Å². The van der Waals surface area contributed by atoms with E-state index < -0.39 is 5.97 Å². The first kappa shape index (κ1) is 19.4. The first-order valence-electron chi connectivity index (χ1n) is 9.22. The smallest absolute Gasteiger partial charge is 0.358 e. The highest BCUT2D eigenvalue weighted by Gasteiger charge is 2.19. The molecule has 1 aliphatic heterocycles. The van der Waals surface area contributed by atoms with Crippen LogP contribution in [0.4, 0.5) is 0 Å². The number of esters is 1. The van der Waals surface area contributed by atoms with Gasteiger partial charge in [0.2, 0.25) is 0 Å². The van der Waals surface area contributed by atoms with E-state index in [1.54, 1.807) is 17.4 Å². The van der Waals surface area contributed by atoms with Crippen LogP contribution in [0, 0.1) is 0 Å². The Morgan fingerprint density at radius 2 is 1.74 bits per heavy atom.